The highest BCUT2D eigenvalue weighted by atomic mass is 32.2. The topological polar surface area (TPSA) is 99.1 Å². The molecule has 1 unspecified atom stereocenters. The smallest absolute Gasteiger partial charge is 0.234 e. The van der Waals surface area contributed by atoms with Crippen LogP contribution in [-0.4, -0.2) is 36.6 Å². The van der Waals surface area contributed by atoms with Crippen LogP contribution in [0.3, 0.4) is 0 Å². The fourth-order valence-corrected chi connectivity index (χ4v) is 5.09. The first kappa shape index (κ1) is 14.0. The van der Waals surface area contributed by atoms with Gasteiger partial charge in [0.15, 0.2) is 15.7 Å². The van der Waals surface area contributed by atoms with Crippen LogP contribution in [0.1, 0.15) is 56.2 Å². The van der Waals surface area contributed by atoms with Crippen LogP contribution < -0.4 is 5.73 Å². The van der Waals surface area contributed by atoms with E-state index >= 15 is 0 Å². The monoisotopic (exact) mass is 299 g/mol. The molecule has 2 heterocycles. The minimum Gasteiger partial charge on any atom is -0.339 e. The van der Waals surface area contributed by atoms with Crippen molar-refractivity contribution in [2.75, 3.05) is 18.1 Å². The molecular formula is C13H21N3O3S. The van der Waals surface area contributed by atoms with E-state index in [2.05, 4.69) is 10.1 Å². The van der Waals surface area contributed by atoms with Gasteiger partial charge >= 0.3 is 0 Å². The third-order valence-electron chi connectivity index (χ3n) is 4.69. The summed E-state index contributed by atoms with van der Waals surface area (Å²) in [4.78, 5) is 4.50. The summed E-state index contributed by atoms with van der Waals surface area (Å²) >= 11 is 0. The van der Waals surface area contributed by atoms with E-state index in [-0.39, 0.29) is 22.8 Å². The van der Waals surface area contributed by atoms with Gasteiger partial charge < -0.3 is 10.3 Å². The van der Waals surface area contributed by atoms with Crippen molar-refractivity contribution in [3.63, 3.8) is 0 Å². The first-order valence-corrected chi connectivity index (χ1v) is 9.11. The third kappa shape index (κ3) is 2.48. The summed E-state index contributed by atoms with van der Waals surface area (Å²) in [5, 5.41) is 4.03. The highest BCUT2D eigenvalue weighted by Crippen LogP contribution is 2.38. The highest BCUT2D eigenvalue weighted by Gasteiger charge is 2.39. The van der Waals surface area contributed by atoms with E-state index in [1.807, 2.05) is 0 Å². The van der Waals surface area contributed by atoms with Gasteiger partial charge in [-0.3, -0.25) is 0 Å². The SMILES string of the molecule is NCC1(c2nc(C3CCS(=O)(=O)C3)no2)CCCCC1. The summed E-state index contributed by atoms with van der Waals surface area (Å²) in [6.45, 7) is 0.512. The zero-order chi connectivity index (χ0) is 14.2. The van der Waals surface area contributed by atoms with E-state index in [9.17, 15) is 8.42 Å². The van der Waals surface area contributed by atoms with E-state index in [0.717, 1.165) is 25.7 Å². The molecule has 0 spiro atoms. The number of rotatable bonds is 3. The van der Waals surface area contributed by atoms with Crippen LogP contribution in [0.2, 0.25) is 0 Å². The fraction of sp³-hybridized carbons (Fsp3) is 0.846. The van der Waals surface area contributed by atoms with Crippen LogP contribution in [0.5, 0.6) is 0 Å². The van der Waals surface area contributed by atoms with Gasteiger partial charge in [0.25, 0.3) is 0 Å². The Morgan fingerprint density at radius 1 is 1.30 bits per heavy atom. The molecule has 7 heteroatoms. The molecule has 2 fully saturated rings. The number of aromatic nitrogens is 2. The van der Waals surface area contributed by atoms with Gasteiger partial charge in [-0.25, -0.2) is 8.42 Å². The van der Waals surface area contributed by atoms with Gasteiger partial charge in [0.1, 0.15) is 0 Å². The lowest BCUT2D eigenvalue weighted by atomic mass is 9.74. The van der Waals surface area contributed by atoms with Crippen LogP contribution in [-0.2, 0) is 15.3 Å². The van der Waals surface area contributed by atoms with E-state index in [1.165, 1.54) is 6.42 Å². The Balaban J connectivity index is 1.83. The molecule has 1 aromatic rings. The number of nitrogens with zero attached hydrogens (tertiary/aromatic N) is 2. The van der Waals surface area contributed by atoms with Crippen LogP contribution in [0.4, 0.5) is 0 Å². The summed E-state index contributed by atoms with van der Waals surface area (Å²) in [6, 6.07) is 0. The van der Waals surface area contributed by atoms with Crippen LogP contribution >= 0.6 is 0 Å². The molecular weight excluding hydrogens is 278 g/mol. The van der Waals surface area contributed by atoms with Gasteiger partial charge in [0, 0.05) is 12.5 Å². The highest BCUT2D eigenvalue weighted by molar-refractivity contribution is 7.91. The maximum absolute atomic E-state index is 11.5. The van der Waals surface area contributed by atoms with Crippen LogP contribution in [0.25, 0.3) is 0 Å². The molecule has 1 saturated carbocycles. The van der Waals surface area contributed by atoms with Gasteiger partial charge in [-0.15, -0.1) is 0 Å². The Bertz CT molecular complexity index is 575. The van der Waals surface area contributed by atoms with Crippen molar-refractivity contribution in [2.45, 2.75) is 49.9 Å². The molecule has 0 amide bonds. The fourth-order valence-electron chi connectivity index (χ4n) is 3.35. The molecule has 112 valence electrons. The average Bonchev–Trinajstić information content (AvgIpc) is 3.06. The summed E-state index contributed by atoms with van der Waals surface area (Å²) < 4.78 is 28.5. The maximum atomic E-state index is 11.5. The second-order valence-corrected chi connectivity index (χ2v) is 8.33. The Morgan fingerprint density at radius 2 is 2.05 bits per heavy atom. The third-order valence-corrected chi connectivity index (χ3v) is 6.46. The number of hydrogen-bond donors (Lipinski definition) is 1. The molecule has 2 N–H and O–H groups in total. The largest absolute Gasteiger partial charge is 0.339 e. The Hall–Kier alpha value is -0.950. The standard InChI is InChI=1S/C13H21N3O3S/c14-9-13(5-2-1-3-6-13)12-15-11(16-19-12)10-4-7-20(17,18)8-10/h10H,1-9,14H2. The summed E-state index contributed by atoms with van der Waals surface area (Å²) in [5.74, 6) is 1.40. The molecule has 2 aliphatic rings. The van der Waals surface area contributed by atoms with Gasteiger partial charge in [-0.05, 0) is 19.3 Å². The molecule has 3 rings (SSSR count). The van der Waals surface area contributed by atoms with Crippen LogP contribution in [0, 0.1) is 0 Å². The van der Waals surface area contributed by atoms with Gasteiger partial charge in [-0.2, -0.15) is 4.98 Å². The molecule has 1 saturated heterocycles. The molecule has 0 radical (unpaired) electrons. The van der Waals surface area contributed by atoms with E-state index in [1.54, 1.807) is 0 Å². The van der Waals surface area contributed by atoms with Crippen molar-refractivity contribution in [1.29, 1.82) is 0 Å². The summed E-state index contributed by atoms with van der Waals surface area (Å²) in [5.41, 5.74) is 5.76. The van der Waals surface area contributed by atoms with Crippen molar-refractivity contribution in [3.8, 4) is 0 Å². The minimum atomic E-state index is -2.93. The Labute approximate surface area is 119 Å². The lowest BCUT2D eigenvalue weighted by Crippen LogP contribution is -2.37. The van der Waals surface area contributed by atoms with E-state index in [0.29, 0.717) is 24.7 Å². The first-order chi connectivity index (χ1) is 9.55. The quantitative estimate of drug-likeness (QED) is 0.898. The van der Waals surface area contributed by atoms with Crippen molar-refractivity contribution < 1.29 is 12.9 Å². The molecule has 1 aromatic heterocycles. The Kier molecular flexibility index (Phi) is 3.58. The molecule has 6 nitrogen and oxygen atoms in total. The van der Waals surface area contributed by atoms with Gasteiger partial charge in [-0.1, -0.05) is 24.4 Å². The molecule has 20 heavy (non-hydrogen) atoms. The van der Waals surface area contributed by atoms with E-state index < -0.39 is 9.84 Å². The van der Waals surface area contributed by atoms with Crippen molar-refractivity contribution >= 4 is 9.84 Å². The van der Waals surface area contributed by atoms with Crippen molar-refractivity contribution in [2.24, 2.45) is 5.73 Å². The Morgan fingerprint density at radius 3 is 2.65 bits per heavy atom. The van der Waals surface area contributed by atoms with Gasteiger partial charge in [0.2, 0.25) is 5.89 Å². The molecule has 1 aliphatic heterocycles. The zero-order valence-electron chi connectivity index (χ0n) is 11.5. The average molecular weight is 299 g/mol. The van der Waals surface area contributed by atoms with Crippen LogP contribution in [0.15, 0.2) is 4.52 Å². The van der Waals surface area contributed by atoms with Crippen molar-refractivity contribution in [1.82, 2.24) is 10.1 Å². The molecule has 0 bridgehead atoms. The molecule has 1 aliphatic carbocycles. The lowest BCUT2D eigenvalue weighted by molar-refractivity contribution is 0.219. The normalized spacial score (nSPS) is 28.6. The lowest BCUT2D eigenvalue weighted by Gasteiger charge is -2.32. The number of hydrogen-bond acceptors (Lipinski definition) is 6. The van der Waals surface area contributed by atoms with Crippen molar-refractivity contribution in [3.05, 3.63) is 11.7 Å². The minimum absolute atomic E-state index is 0.115. The number of sulfone groups is 1. The molecule has 0 aromatic carbocycles. The number of nitrogens with two attached hydrogens (primary N) is 1. The predicted molar refractivity (Wildman–Crippen MR) is 74.1 cm³/mol. The summed E-state index contributed by atoms with van der Waals surface area (Å²) in [7, 11) is -2.93. The molecule has 1 atom stereocenters. The maximum Gasteiger partial charge on any atom is 0.234 e. The predicted octanol–water partition coefficient (Wildman–Crippen LogP) is 1.13. The second-order valence-electron chi connectivity index (χ2n) is 6.10. The van der Waals surface area contributed by atoms with Gasteiger partial charge in [0.05, 0.1) is 16.9 Å². The zero-order valence-corrected chi connectivity index (χ0v) is 12.4. The summed E-state index contributed by atoms with van der Waals surface area (Å²) in [6.07, 6.45) is 6.04. The first-order valence-electron chi connectivity index (χ1n) is 7.29. The second kappa shape index (κ2) is 5.11. The van der Waals surface area contributed by atoms with E-state index in [4.69, 9.17) is 10.3 Å².